The summed E-state index contributed by atoms with van der Waals surface area (Å²) in [6.45, 7) is 8.80. The Bertz CT molecular complexity index is 1100. The van der Waals surface area contributed by atoms with Gasteiger partial charge in [-0.05, 0) is 32.0 Å². The molecule has 0 spiro atoms. The second-order valence-corrected chi connectivity index (χ2v) is 8.10. The fourth-order valence-electron chi connectivity index (χ4n) is 3.58. The molecule has 0 amide bonds. The van der Waals surface area contributed by atoms with E-state index in [4.69, 9.17) is 9.47 Å². The molecule has 0 N–H and O–H groups in total. The molecule has 0 radical (unpaired) electrons. The van der Waals surface area contributed by atoms with Gasteiger partial charge in [0.05, 0.1) is 5.75 Å². The Morgan fingerprint density at radius 2 is 2.07 bits per heavy atom. The van der Waals surface area contributed by atoms with Gasteiger partial charge in [-0.3, -0.25) is 4.79 Å². The third-order valence-electron chi connectivity index (χ3n) is 5.18. The molecule has 1 aliphatic heterocycles. The number of Topliss-reactive ketones (excluding diaryl/α,β-unsaturated/α-hetero) is 1. The van der Waals surface area contributed by atoms with Gasteiger partial charge in [-0.2, -0.15) is 0 Å². The number of aryl methyl sites for hydroxylation is 1. The average molecular weight is 425 g/mol. The van der Waals surface area contributed by atoms with E-state index in [-0.39, 0.29) is 17.6 Å². The molecule has 1 aliphatic rings. The SMILES string of the molecule is C=CCn1c(C)cc(C(=O)CSc2nnc(C3COc4ccccc4O3)n2C)c1C. The number of ketones is 1. The number of rotatable bonds is 7. The van der Waals surface area contributed by atoms with Gasteiger partial charge in [0.15, 0.2) is 34.4 Å². The molecule has 1 atom stereocenters. The number of ether oxygens (including phenoxy) is 2. The Morgan fingerprint density at radius 1 is 1.30 bits per heavy atom. The molecule has 30 heavy (non-hydrogen) atoms. The molecule has 1 unspecified atom stereocenters. The minimum atomic E-state index is -0.347. The summed E-state index contributed by atoms with van der Waals surface area (Å²) < 4.78 is 15.8. The molecule has 0 saturated heterocycles. The fourth-order valence-corrected chi connectivity index (χ4v) is 4.38. The van der Waals surface area contributed by atoms with Crippen LogP contribution in [0.3, 0.4) is 0 Å². The summed E-state index contributed by atoms with van der Waals surface area (Å²) in [5.74, 6) is 2.44. The normalized spacial score (nSPS) is 15.2. The molecule has 7 nitrogen and oxygen atoms in total. The number of nitrogens with zero attached hydrogens (tertiary/aromatic N) is 4. The van der Waals surface area contributed by atoms with Crippen LogP contribution in [0.15, 0.2) is 48.1 Å². The van der Waals surface area contributed by atoms with Gasteiger partial charge in [0.2, 0.25) is 0 Å². The lowest BCUT2D eigenvalue weighted by Gasteiger charge is -2.25. The van der Waals surface area contributed by atoms with Crippen LogP contribution in [0.25, 0.3) is 0 Å². The molecule has 0 fully saturated rings. The van der Waals surface area contributed by atoms with E-state index in [1.54, 1.807) is 0 Å². The van der Waals surface area contributed by atoms with Crippen LogP contribution in [0.5, 0.6) is 11.5 Å². The Hall–Kier alpha value is -3.00. The first-order chi connectivity index (χ1) is 14.5. The third kappa shape index (κ3) is 3.75. The van der Waals surface area contributed by atoms with E-state index in [1.165, 1.54) is 11.8 Å². The van der Waals surface area contributed by atoms with Crippen LogP contribution >= 0.6 is 11.8 Å². The molecule has 156 valence electrons. The number of benzene rings is 1. The van der Waals surface area contributed by atoms with Crippen LogP contribution in [0.2, 0.25) is 0 Å². The second-order valence-electron chi connectivity index (χ2n) is 7.16. The number of thioether (sulfide) groups is 1. The smallest absolute Gasteiger partial charge is 0.192 e. The lowest BCUT2D eigenvalue weighted by atomic mass is 10.2. The van der Waals surface area contributed by atoms with E-state index >= 15 is 0 Å². The summed E-state index contributed by atoms with van der Waals surface area (Å²) >= 11 is 1.37. The first-order valence-electron chi connectivity index (χ1n) is 9.71. The van der Waals surface area contributed by atoms with E-state index in [9.17, 15) is 4.79 Å². The van der Waals surface area contributed by atoms with Crippen molar-refractivity contribution in [3.05, 3.63) is 65.8 Å². The van der Waals surface area contributed by atoms with Crippen molar-refractivity contribution in [3.8, 4) is 11.5 Å². The Morgan fingerprint density at radius 3 is 2.83 bits per heavy atom. The van der Waals surface area contributed by atoms with Crippen LogP contribution in [0, 0.1) is 13.8 Å². The van der Waals surface area contributed by atoms with Crippen molar-refractivity contribution in [3.63, 3.8) is 0 Å². The van der Waals surface area contributed by atoms with E-state index in [0.29, 0.717) is 29.9 Å². The summed E-state index contributed by atoms with van der Waals surface area (Å²) in [7, 11) is 1.88. The fraction of sp³-hybridized carbons (Fsp3) is 0.318. The number of carbonyl (C=O) groups is 1. The molecule has 0 bridgehead atoms. The summed E-state index contributed by atoms with van der Waals surface area (Å²) in [4.78, 5) is 12.8. The van der Waals surface area contributed by atoms with Crippen molar-refractivity contribution in [2.24, 2.45) is 7.05 Å². The van der Waals surface area contributed by atoms with Crippen molar-refractivity contribution in [1.29, 1.82) is 0 Å². The quantitative estimate of drug-likeness (QED) is 0.325. The molecular weight excluding hydrogens is 400 g/mol. The molecular formula is C22H24N4O3S. The molecule has 0 aliphatic carbocycles. The van der Waals surface area contributed by atoms with Gasteiger partial charge in [0.25, 0.3) is 0 Å². The van der Waals surface area contributed by atoms with E-state index < -0.39 is 0 Å². The number of hydrogen-bond acceptors (Lipinski definition) is 6. The number of allylic oxidation sites excluding steroid dienone is 1. The molecule has 3 heterocycles. The topological polar surface area (TPSA) is 71.2 Å². The maximum atomic E-state index is 12.8. The van der Waals surface area contributed by atoms with E-state index in [0.717, 1.165) is 22.7 Å². The number of aromatic nitrogens is 4. The third-order valence-corrected chi connectivity index (χ3v) is 6.20. The standard InChI is InChI=1S/C22H24N4O3S/c1-5-10-26-14(2)11-16(15(26)3)17(27)13-30-22-24-23-21(25(22)4)20-12-28-18-8-6-7-9-19(18)29-20/h5-9,11,20H,1,10,12-13H2,2-4H3. The van der Waals surface area contributed by atoms with Gasteiger partial charge in [0, 0.05) is 30.5 Å². The predicted molar refractivity (Wildman–Crippen MR) is 115 cm³/mol. The zero-order valence-electron chi connectivity index (χ0n) is 17.3. The summed E-state index contributed by atoms with van der Waals surface area (Å²) in [5, 5.41) is 9.21. The molecule has 1 aromatic carbocycles. The number of carbonyl (C=O) groups excluding carboxylic acids is 1. The minimum absolute atomic E-state index is 0.0686. The summed E-state index contributed by atoms with van der Waals surface area (Å²) in [6, 6.07) is 9.50. The van der Waals surface area contributed by atoms with Crippen LogP contribution in [0.1, 0.15) is 33.7 Å². The number of hydrogen-bond donors (Lipinski definition) is 0. The van der Waals surface area contributed by atoms with Gasteiger partial charge in [-0.1, -0.05) is 30.0 Å². The largest absolute Gasteiger partial charge is 0.485 e. The Kier molecular flexibility index (Phi) is 5.67. The molecule has 0 saturated carbocycles. The lowest BCUT2D eigenvalue weighted by molar-refractivity contribution is 0.0825. The molecule has 3 aromatic rings. The highest BCUT2D eigenvalue weighted by Crippen LogP contribution is 2.35. The van der Waals surface area contributed by atoms with Crippen molar-refractivity contribution in [2.75, 3.05) is 12.4 Å². The zero-order valence-corrected chi connectivity index (χ0v) is 18.1. The maximum Gasteiger partial charge on any atom is 0.192 e. The van der Waals surface area contributed by atoms with Crippen LogP contribution in [0.4, 0.5) is 0 Å². The van der Waals surface area contributed by atoms with Crippen molar-refractivity contribution >= 4 is 17.5 Å². The van der Waals surface area contributed by atoms with Crippen LogP contribution in [-0.4, -0.2) is 37.5 Å². The monoisotopic (exact) mass is 424 g/mol. The average Bonchev–Trinajstić information content (AvgIpc) is 3.26. The van der Waals surface area contributed by atoms with E-state index in [2.05, 4.69) is 21.3 Å². The highest BCUT2D eigenvalue weighted by Gasteiger charge is 2.27. The summed E-state index contributed by atoms with van der Waals surface area (Å²) in [6.07, 6.45) is 1.49. The minimum Gasteiger partial charge on any atom is -0.485 e. The highest BCUT2D eigenvalue weighted by atomic mass is 32.2. The van der Waals surface area contributed by atoms with Gasteiger partial charge in [-0.15, -0.1) is 16.8 Å². The van der Waals surface area contributed by atoms with Gasteiger partial charge >= 0.3 is 0 Å². The van der Waals surface area contributed by atoms with Gasteiger partial charge in [0.1, 0.15) is 6.61 Å². The lowest BCUT2D eigenvalue weighted by Crippen LogP contribution is -2.24. The Balaban J connectivity index is 1.45. The van der Waals surface area contributed by atoms with Crippen LogP contribution < -0.4 is 9.47 Å². The van der Waals surface area contributed by atoms with Crippen molar-refractivity contribution in [1.82, 2.24) is 19.3 Å². The zero-order chi connectivity index (χ0) is 21.3. The molecule has 8 heteroatoms. The second kappa shape index (κ2) is 8.39. The Labute approximate surface area is 179 Å². The number of para-hydroxylation sites is 2. The van der Waals surface area contributed by atoms with E-state index in [1.807, 2.05) is 61.9 Å². The first kappa shape index (κ1) is 20.3. The molecule has 2 aromatic heterocycles. The first-order valence-corrected chi connectivity index (χ1v) is 10.7. The molecule has 4 rings (SSSR count). The van der Waals surface area contributed by atoms with Gasteiger partial charge in [-0.25, -0.2) is 0 Å². The van der Waals surface area contributed by atoms with Crippen molar-refractivity contribution in [2.45, 2.75) is 31.7 Å². The maximum absolute atomic E-state index is 12.8. The highest BCUT2D eigenvalue weighted by molar-refractivity contribution is 7.99. The predicted octanol–water partition coefficient (Wildman–Crippen LogP) is 3.91. The number of fused-ring (bicyclic) bond motifs is 1. The van der Waals surface area contributed by atoms with Gasteiger partial charge < -0.3 is 18.6 Å². The van der Waals surface area contributed by atoms with Crippen molar-refractivity contribution < 1.29 is 14.3 Å². The van der Waals surface area contributed by atoms with Crippen LogP contribution in [-0.2, 0) is 13.6 Å². The summed E-state index contributed by atoms with van der Waals surface area (Å²) in [5.41, 5.74) is 2.75.